The molecule has 0 bridgehead atoms. The van der Waals surface area contributed by atoms with Gasteiger partial charge in [-0.15, -0.1) is 0 Å². The van der Waals surface area contributed by atoms with Crippen LogP contribution >= 0.6 is 0 Å². The number of Topliss-reactive ketones (excluding diaryl/α,β-unsaturated/α-hetero) is 1. The van der Waals surface area contributed by atoms with Crippen molar-refractivity contribution in [3.05, 3.63) is 0 Å². The van der Waals surface area contributed by atoms with Gasteiger partial charge in [-0.3, -0.25) is 4.79 Å². The number of carbonyl (C=O) groups is 1. The molecule has 0 aromatic heterocycles. The molecule has 1 aliphatic carbocycles. The molecule has 0 amide bonds. The van der Waals surface area contributed by atoms with Gasteiger partial charge in [0.15, 0.2) is 11.9 Å². The quantitative estimate of drug-likeness (QED) is 0.714. The smallest absolute Gasteiger partial charge is 0.170 e. The van der Waals surface area contributed by atoms with Gasteiger partial charge < -0.3 is 9.59 Å². The Morgan fingerprint density at radius 2 is 1.80 bits per heavy atom. The van der Waals surface area contributed by atoms with Crippen molar-refractivity contribution in [2.75, 3.05) is 27.7 Å². The fraction of sp³-hybridized carbons (Fsp3) is 0.917. The van der Waals surface area contributed by atoms with Crippen LogP contribution in [0.25, 0.3) is 0 Å². The minimum atomic E-state index is -0.770. The summed E-state index contributed by atoms with van der Waals surface area (Å²) in [7, 11) is 5.99. The third-order valence-corrected chi connectivity index (χ3v) is 3.06. The van der Waals surface area contributed by atoms with Crippen molar-refractivity contribution in [3.8, 4) is 0 Å². The predicted octanol–water partition coefficient (Wildman–Crippen LogP) is 1.20. The molecule has 1 fully saturated rings. The SMILES string of the molecule is C[N+](C)(C)CC(O)C(=O)C1CCCCC1. The Labute approximate surface area is 92.7 Å². The van der Waals surface area contributed by atoms with Gasteiger partial charge in [0.25, 0.3) is 0 Å². The van der Waals surface area contributed by atoms with Crippen LogP contribution in [-0.2, 0) is 4.79 Å². The van der Waals surface area contributed by atoms with E-state index in [1.165, 1.54) is 6.42 Å². The van der Waals surface area contributed by atoms with Gasteiger partial charge in [0.05, 0.1) is 21.1 Å². The Hall–Kier alpha value is -0.410. The average molecular weight is 214 g/mol. The highest BCUT2D eigenvalue weighted by molar-refractivity contribution is 5.85. The summed E-state index contributed by atoms with van der Waals surface area (Å²) in [5, 5.41) is 9.84. The minimum absolute atomic E-state index is 0.0720. The van der Waals surface area contributed by atoms with Crippen molar-refractivity contribution < 1.29 is 14.4 Å². The third-order valence-electron chi connectivity index (χ3n) is 3.06. The highest BCUT2D eigenvalue weighted by atomic mass is 16.3. The Morgan fingerprint density at radius 3 is 2.27 bits per heavy atom. The van der Waals surface area contributed by atoms with Crippen LogP contribution in [0, 0.1) is 5.92 Å². The van der Waals surface area contributed by atoms with E-state index in [-0.39, 0.29) is 11.7 Å². The number of ketones is 1. The molecule has 1 aliphatic rings. The summed E-state index contributed by atoms with van der Waals surface area (Å²) in [6, 6.07) is 0. The van der Waals surface area contributed by atoms with Gasteiger partial charge in [-0.25, -0.2) is 0 Å². The highest BCUT2D eigenvalue weighted by Crippen LogP contribution is 2.25. The number of aliphatic hydroxyl groups is 1. The molecule has 3 nitrogen and oxygen atoms in total. The summed E-state index contributed by atoms with van der Waals surface area (Å²) in [5.74, 6) is 0.197. The first kappa shape index (κ1) is 12.7. The largest absolute Gasteiger partial charge is 0.380 e. The molecule has 0 heterocycles. The lowest BCUT2D eigenvalue weighted by Crippen LogP contribution is -2.46. The van der Waals surface area contributed by atoms with Crippen molar-refractivity contribution in [3.63, 3.8) is 0 Å². The van der Waals surface area contributed by atoms with E-state index in [2.05, 4.69) is 0 Å². The lowest BCUT2D eigenvalue weighted by molar-refractivity contribution is -0.872. The first-order valence-electron chi connectivity index (χ1n) is 5.92. The van der Waals surface area contributed by atoms with Crippen molar-refractivity contribution >= 4 is 5.78 Å². The van der Waals surface area contributed by atoms with Crippen molar-refractivity contribution in [2.24, 2.45) is 5.92 Å². The standard InChI is InChI=1S/C12H24NO2/c1-13(2,3)9-11(14)12(15)10-7-5-4-6-8-10/h10-11,14H,4-9H2,1-3H3/q+1. The van der Waals surface area contributed by atoms with Crippen LogP contribution in [-0.4, -0.2) is 49.2 Å². The molecule has 1 rings (SSSR count). The van der Waals surface area contributed by atoms with Crippen LogP contribution in [0.2, 0.25) is 0 Å². The van der Waals surface area contributed by atoms with Gasteiger partial charge in [-0.2, -0.15) is 0 Å². The van der Waals surface area contributed by atoms with Gasteiger partial charge in [0.2, 0.25) is 0 Å². The molecule has 0 spiro atoms. The van der Waals surface area contributed by atoms with E-state index < -0.39 is 6.10 Å². The number of hydrogen-bond acceptors (Lipinski definition) is 2. The normalized spacial score (nSPS) is 21.3. The molecule has 0 aromatic rings. The molecule has 0 radical (unpaired) electrons. The van der Waals surface area contributed by atoms with E-state index in [0.29, 0.717) is 11.0 Å². The minimum Gasteiger partial charge on any atom is -0.380 e. The zero-order chi connectivity index (χ0) is 11.5. The molecule has 1 atom stereocenters. The number of likely N-dealkylation sites (N-methyl/N-ethyl adjacent to an activating group) is 1. The summed E-state index contributed by atoms with van der Waals surface area (Å²) >= 11 is 0. The summed E-state index contributed by atoms with van der Waals surface area (Å²) in [6.07, 6.45) is 4.73. The Bertz CT molecular complexity index is 214. The van der Waals surface area contributed by atoms with Crippen LogP contribution < -0.4 is 0 Å². The van der Waals surface area contributed by atoms with Gasteiger partial charge in [-0.1, -0.05) is 19.3 Å². The number of rotatable bonds is 4. The summed E-state index contributed by atoms with van der Waals surface area (Å²) in [4.78, 5) is 11.9. The molecule has 15 heavy (non-hydrogen) atoms. The van der Waals surface area contributed by atoms with Gasteiger partial charge in [0.1, 0.15) is 6.54 Å². The van der Waals surface area contributed by atoms with E-state index in [4.69, 9.17) is 0 Å². The van der Waals surface area contributed by atoms with Crippen LogP contribution in [0.5, 0.6) is 0 Å². The Kier molecular flexibility index (Phi) is 4.29. The monoisotopic (exact) mass is 214 g/mol. The summed E-state index contributed by atoms with van der Waals surface area (Å²) in [6.45, 7) is 0.523. The number of hydrogen-bond donors (Lipinski definition) is 1. The highest BCUT2D eigenvalue weighted by Gasteiger charge is 2.29. The predicted molar refractivity (Wildman–Crippen MR) is 60.5 cm³/mol. The van der Waals surface area contributed by atoms with Crippen LogP contribution in [0.3, 0.4) is 0 Å². The summed E-state index contributed by atoms with van der Waals surface area (Å²) < 4.78 is 0.639. The molecule has 88 valence electrons. The number of aliphatic hydroxyl groups excluding tert-OH is 1. The maximum Gasteiger partial charge on any atom is 0.170 e. The first-order chi connectivity index (χ1) is 6.90. The molecular weight excluding hydrogens is 190 g/mol. The van der Waals surface area contributed by atoms with Gasteiger partial charge in [0, 0.05) is 5.92 Å². The van der Waals surface area contributed by atoms with E-state index in [0.717, 1.165) is 25.7 Å². The van der Waals surface area contributed by atoms with Gasteiger partial charge >= 0.3 is 0 Å². The fourth-order valence-corrected chi connectivity index (χ4v) is 2.27. The number of nitrogens with zero attached hydrogens (tertiary/aromatic N) is 1. The maximum absolute atomic E-state index is 11.9. The average Bonchev–Trinajstić information content (AvgIpc) is 2.15. The molecule has 0 aromatic carbocycles. The fourth-order valence-electron chi connectivity index (χ4n) is 2.27. The third kappa shape index (κ3) is 4.31. The Morgan fingerprint density at radius 1 is 1.27 bits per heavy atom. The Balaban J connectivity index is 2.44. The van der Waals surface area contributed by atoms with E-state index >= 15 is 0 Å². The van der Waals surface area contributed by atoms with Crippen LogP contribution in [0.4, 0.5) is 0 Å². The second-order valence-corrected chi connectivity index (χ2v) is 5.73. The van der Waals surface area contributed by atoms with E-state index in [9.17, 15) is 9.90 Å². The second kappa shape index (κ2) is 5.08. The zero-order valence-corrected chi connectivity index (χ0v) is 10.2. The van der Waals surface area contributed by atoms with Crippen LogP contribution in [0.1, 0.15) is 32.1 Å². The van der Waals surface area contributed by atoms with Gasteiger partial charge in [-0.05, 0) is 12.8 Å². The topological polar surface area (TPSA) is 37.3 Å². The van der Waals surface area contributed by atoms with E-state index in [1.807, 2.05) is 21.1 Å². The molecule has 0 saturated heterocycles. The van der Waals surface area contributed by atoms with Crippen molar-refractivity contribution in [2.45, 2.75) is 38.2 Å². The number of quaternary nitrogens is 1. The lowest BCUT2D eigenvalue weighted by Gasteiger charge is -2.28. The van der Waals surface area contributed by atoms with E-state index in [1.54, 1.807) is 0 Å². The molecule has 1 unspecified atom stereocenters. The maximum atomic E-state index is 11.9. The first-order valence-corrected chi connectivity index (χ1v) is 5.92. The number of carbonyl (C=O) groups excluding carboxylic acids is 1. The molecule has 3 heteroatoms. The molecule has 1 N–H and O–H groups in total. The van der Waals surface area contributed by atoms with Crippen molar-refractivity contribution in [1.82, 2.24) is 0 Å². The second-order valence-electron chi connectivity index (χ2n) is 5.73. The molecular formula is C12H24NO2+. The molecule has 0 aliphatic heterocycles. The van der Waals surface area contributed by atoms with Crippen molar-refractivity contribution in [1.29, 1.82) is 0 Å². The lowest BCUT2D eigenvalue weighted by atomic mass is 9.84. The summed E-state index contributed by atoms with van der Waals surface area (Å²) in [5.41, 5.74) is 0. The van der Waals surface area contributed by atoms with Crippen LogP contribution in [0.15, 0.2) is 0 Å². The zero-order valence-electron chi connectivity index (χ0n) is 10.2. The molecule has 1 saturated carbocycles.